The number of hydrogen-bond donors (Lipinski definition) is 1. The lowest BCUT2D eigenvalue weighted by Crippen LogP contribution is -2.44. The summed E-state index contributed by atoms with van der Waals surface area (Å²) >= 11 is 0. The molecule has 0 aliphatic heterocycles. The van der Waals surface area contributed by atoms with Gasteiger partial charge in [-0.1, -0.05) is 13.8 Å². The topological polar surface area (TPSA) is 126 Å². The first-order chi connectivity index (χ1) is 13.3. The van der Waals surface area contributed by atoms with Crippen molar-refractivity contribution in [2.75, 3.05) is 66.6 Å². The number of carbonyl (C=O) groups excluding carboxylic acids is 3. The van der Waals surface area contributed by atoms with Crippen molar-refractivity contribution >= 4 is 24.7 Å². The Balaban J connectivity index is 4.77. The quantitative estimate of drug-likeness (QED) is 0.211. The van der Waals surface area contributed by atoms with E-state index in [0.717, 1.165) is 0 Å². The van der Waals surface area contributed by atoms with Crippen molar-refractivity contribution < 1.29 is 38.5 Å². The number of methoxy groups -OCH3 is 1. The molecule has 0 atom stereocenters. The number of Topliss-reactive ketones (excluding diaryl/α,β-unsaturated/α-hetero) is 1. The predicted molar refractivity (Wildman–Crippen MR) is 98.1 cm³/mol. The third kappa shape index (κ3) is 13.1. The Labute approximate surface area is 165 Å². The van der Waals surface area contributed by atoms with Crippen LogP contribution in [0.1, 0.15) is 13.8 Å². The molecule has 0 saturated carbocycles. The van der Waals surface area contributed by atoms with E-state index in [1.807, 2.05) is 0 Å². The molecule has 0 aromatic carbocycles. The first-order valence-electron chi connectivity index (χ1n) is 8.85. The normalized spacial score (nSPS) is 11.2. The molecule has 0 aromatic rings. The van der Waals surface area contributed by atoms with Gasteiger partial charge in [0.05, 0.1) is 13.1 Å². The second kappa shape index (κ2) is 15.9. The zero-order chi connectivity index (χ0) is 21.4. The van der Waals surface area contributed by atoms with Gasteiger partial charge in [0.25, 0.3) is 12.9 Å². The average molecular weight is 405 g/mol. The van der Waals surface area contributed by atoms with Crippen LogP contribution >= 0.6 is 0 Å². The summed E-state index contributed by atoms with van der Waals surface area (Å²) in [6.07, 6.45) is 0. The minimum absolute atomic E-state index is 0.0118. The van der Waals surface area contributed by atoms with Crippen LogP contribution in [0.5, 0.6) is 0 Å². The Morgan fingerprint density at radius 3 is 1.82 bits per heavy atom. The molecule has 0 aliphatic carbocycles. The first kappa shape index (κ1) is 25.9. The zero-order valence-electron chi connectivity index (χ0n) is 16.7. The molecule has 1 N–H and O–H groups in total. The summed E-state index contributed by atoms with van der Waals surface area (Å²) in [6.45, 7) is 5.85. The van der Waals surface area contributed by atoms with Crippen molar-refractivity contribution in [1.29, 1.82) is 0 Å². The van der Waals surface area contributed by atoms with Gasteiger partial charge >= 0.3 is 5.97 Å². The molecule has 0 unspecified atom stereocenters. The molecule has 0 fully saturated rings. The molecule has 0 aromatic heterocycles. The fourth-order valence-corrected chi connectivity index (χ4v) is 2.24. The van der Waals surface area contributed by atoms with Gasteiger partial charge in [-0.3, -0.25) is 29.0 Å². The minimum atomic E-state index is -1.02. The standard InChI is InChI=1S/C17H31N3O8/c1-15(2)16(23)8-19(9-17(24)25)6-4-18(11-27-13-21)5-7-20(10-26-3)12-28-14-22/h13-15H,4-12H2,1-3H3,(H,24,25). The SMILES string of the molecule is COCN(CCN(CCN(CC(=O)O)CC(=O)C(C)C)COC=O)COC=O. The summed E-state index contributed by atoms with van der Waals surface area (Å²) < 4.78 is 14.6. The van der Waals surface area contributed by atoms with E-state index in [-0.39, 0.29) is 45.0 Å². The fraction of sp³-hybridized carbons (Fsp3) is 0.765. The predicted octanol–water partition coefficient (Wildman–Crippen LogP) is -0.933. The molecular formula is C17H31N3O8. The second-order valence-corrected chi connectivity index (χ2v) is 6.44. The molecule has 0 radical (unpaired) electrons. The largest absolute Gasteiger partial charge is 0.480 e. The van der Waals surface area contributed by atoms with Crippen LogP contribution in [0.4, 0.5) is 0 Å². The highest BCUT2D eigenvalue weighted by Crippen LogP contribution is 2.00. The number of carboxylic acid groups (broad SMARTS) is 1. The maximum absolute atomic E-state index is 12.0. The molecule has 28 heavy (non-hydrogen) atoms. The van der Waals surface area contributed by atoms with Crippen molar-refractivity contribution in [3.8, 4) is 0 Å². The number of carboxylic acids is 1. The number of rotatable bonds is 19. The lowest BCUT2D eigenvalue weighted by atomic mass is 10.1. The number of nitrogens with zero attached hydrogens (tertiary/aromatic N) is 3. The first-order valence-corrected chi connectivity index (χ1v) is 8.85. The highest BCUT2D eigenvalue weighted by Gasteiger charge is 2.18. The van der Waals surface area contributed by atoms with Crippen molar-refractivity contribution in [2.24, 2.45) is 5.92 Å². The zero-order valence-corrected chi connectivity index (χ0v) is 16.7. The van der Waals surface area contributed by atoms with Gasteiger partial charge in [0.2, 0.25) is 0 Å². The fourth-order valence-electron chi connectivity index (χ4n) is 2.24. The van der Waals surface area contributed by atoms with Crippen LogP contribution in [0.3, 0.4) is 0 Å². The van der Waals surface area contributed by atoms with E-state index in [0.29, 0.717) is 39.1 Å². The van der Waals surface area contributed by atoms with Crippen molar-refractivity contribution in [3.63, 3.8) is 0 Å². The van der Waals surface area contributed by atoms with Gasteiger partial charge in [0, 0.05) is 39.2 Å². The highest BCUT2D eigenvalue weighted by atomic mass is 16.5. The molecular weight excluding hydrogens is 374 g/mol. The van der Waals surface area contributed by atoms with Gasteiger partial charge in [-0.25, -0.2) is 4.90 Å². The molecule has 0 amide bonds. The maximum Gasteiger partial charge on any atom is 0.317 e. The van der Waals surface area contributed by atoms with Crippen LogP contribution in [0.25, 0.3) is 0 Å². The van der Waals surface area contributed by atoms with Gasteiger partial charge in [-0.2, -0.15) is 0 Å². The van der Waals surface area contributed by atoms with E-state index >= 15 is 0 Å². The van der Waals surface area contributed by atoms with E-state index in [4.69, 9.17) is 19.3 Å². The lowest BCUT2D eigenvalue weighted by molar-refractivity contribution is -0.139. The number of carbonyl (C=O) groups is 4. The molecule has 11 nitrogen and oxygen atoms in total. The van der Waals surface area contributed by atoms with E-state index in [2.05, 4.69) is 0 Å². The van der Waals surface area contributed by atoms with Crippen LogP contribution in [0.2, 0.25) is 0 Å². The summed E-state index contributed by atoms with van der Waals surface area (Å²) in [6, 6.07) is 0. The van der Waals surface area contributed by atoms with Crippen LogP contribution in [0.15, 0.2) is 0 Å². The van der Waals surface area contributed by atoms with E-state index in [1.165, 1.54) is 7.11 Å². The summed E-state index contributed by atoms with van der Waals surface area (Å²) in [4.78, 5) is 48.9. The molecule has 0 bridgehead atoms. The Hall–Kier alpha value is -2.08. The second-order valence-electron chi connectivity index (χ2n) is 6.44. The van der Waals surface area contributed by atoms with Crippen LogP contribution in [-0.4, -0.2) is 111 Å². The maximum atomic E-state index is 12.0. The molecule has 0 spiro atoms. The van der Waals surface area contributed by atoms with Crippen molar-refractivity contribution in [3.05, 3.63) is 0 Å². The third-order valence-corrected chi connectivity index (χ3v) is 3.81. The van der Waals surface area contributed by atoms with Crippen molar-refractivity contribution in [1.82, 2.24) is 14.7 Å². The lowest BCUT2D eigenvalue weighted by Gasteiger charge is -2.28. The minimum Gasteiger partial charge on any atom is -0.480 e. The third-order valence-electron chi connectivity index (χ3n) is 3.81. The Bertz CT molecular complexity index is 475. The summed E-state index contributed by atoms with van der Waals surface area (Å²) in [5.41, 5.74) is 0. The average Bonchev–Trinajstić information content (AvgIpc) is 2.64. The summed E-state index contributed by atoms with van der Waals surface area (Å²) in [7, 11) is 1.51. The number of hydrogen-bond acceptors (Lipinski definition) is 10. The van der Waals surface area contributed by atoms with Crippen LogP contribution in [-0.2, 0) is 33.4 Å². The van der Waals surface area contributed by atoms with Gasteiger partial charge in [-0.15, -0.1) is 0 Å². The Morgan fingerprint density at radius 1 is 0.857 bits per heavy atom. The molecule has 11 heteroatoms. The molecule has 0 rings (SSSR count). The molecule has 0 heterocycles. The van der Waals surface area contributed by atoms with Crippen LogP contribution < -0.4 is 0 Å². The number of ketones is 1. The molecule has 162 valence electrons. The van der Waals surface area contributed by atoms with Gasteiger partial charge in [0.1, 0.15) is 26.0 Å². The smallest absolute Gasteiger partial charge is 0.317 e. The monoisotopic (exact) mass is 405 g/mol. The molecule has 0 aliphatic rings. The highest BCUT2D eigenvalue weighted by molar-refractivity contribution is 5.82. The van der Waals surface area contributed by atoms with Crippen LogP contribution in [0, 0.1) is 5.92 Å². The van der Waals surface area contributed by atoms with Gasteiger partial charge < -0.3 is 19.3 Å². The van der Waals surface area contributed by atoms with Crippen molar-refractivity contribution in [2.45, 2.75) is 13.8 Å². The van der Waals surface area contributed by atoms with Gasteiger partial charge in [-0.05, 0) is 0 Å². The van der Waals surface area contributed by atoms with E-state index in [9.17, 15) is 19.2 Å². The van der Waals surface area contributed by atoms with E-state index in [1.54, 1.807) is 28.5 Å². The number of ether oxygens (including phenoxy) is 3. The Morgan fingerprint density at radius 2 is 1.36 bits per heavy atom. The Kier molecular flexibility index (Phi) is 14.7. The molecule has 0 saturated heterocycles. The van der Waals surface area contributed by atoms with Gasteiger partial charge in [0.15, 0.2) is 0 Å². The summed E-state index contributed by atoms with van der Waals surface area (Å²) in [5.74, 6) is -1.26. The summed E-state index contributed by atoms with van der Waals surface area (Å²) in [5, 5.41) is 9.06. The number of aliphatic carboxylic acids is 1. The van der Waals surface area contributed by atoms with E-state index < -0.39 is 5.97 Å².